The van der Waals surface area contributed by atoms with Crippen LogP contribution in [0.3, 0.4) is 0 Å². The summed E-state index contributed by atoms with van der Waals surface area (Å²) in [7, 11) is 2.78. The zero-order chi connectivity index (χ0) is 28.3. The summed E-state index contributed by atoms with van der Waals surface area (Å²) in [5, 5.41) is 14.0. The molecule has 0 aliphatic carbocycles. The Kier molecular flexibility index (Phi) is 8.06. The Morgan fingerprint density at radius 1 is 1.18 bits per heavy atom. The molecular weight excluding hydrogens is 516 g/mol. The Hall–Kier alpha value is -4.17. The molecule has 1 heterocycles. The molecular formula is C28H26F4N4O3. The molecule has 0 aromatic heterocycles. The third-order valence-corrected chi connectivity index (χ3v) is 6.80. The van der Waals surface area contributed by atoms with Crippen LogP contribution in [0.1, 0.15) is 29.2 Å². The number of nitrogens with one attached hydrogen (secondary N) is 1. The summed E-state index contributed by atoms with van der Waals surface area (Å²) in [4.78, 5) is 28.5. The molecule has 0 radical (unpaired) electrons. The fourth-order valence-electron chi connectivity index (χ4n) is 4.98. The lowest BCUT2D eigenvalue weighted by atomic mass is 9.97. The maximum Gasteiger partial charge on any atom is 0.471 e. The van der Waals surface area contributed by atoms with Crippen LogP contribution in [0.25, 0.3) is 10.8 Å². The Morgan fingerprint density at radius 2 is 1.87 bits per heavy atom. The van der Waals surface area contributed by atoms with E-state index in [0.717, 1.165) is 12.1 Å². The quantitative estimate of drug-likeness (QED) is 0.450. The highest BCUT2D eigenvalue weighted by Crippen LogP contribution is 2.36. The molecule has 1 N–H and O–H groups in total. The van der Waals surface area contributed by atoms with E-state index in [0.29, 0.717) is 27.8 Å². The maximum absolute atomic E-state index is 14.0. The lowest BCUT2D eigenvalue weighted by Gasteiger charge is -2.38. The van der Waals surface area contributed by atoms with Crippen molar-refractivity contribution in [1.82, 2.24) is 15.1 Å². The molecule has 0 saturated carbocycles. The summed E-state index contributed by atoms with van der Waals surface area (Å²) in [6.07, 6.45) is -5.03. The minimum Gasteiger partial charge on any atom is -0.495 e. The molecule has 2 amide bonds. The van der Waals surface area contributed by atoms with Crippen molar-refractivity contribution in [2.75, 3.05) is 27.2 Å². The number of carbonyl (C=O) groups is 2. The summed E-state index contributed by atoms with van der Waals surface area (Å²) in [5.74, 6) is -3.36. The predicted octanol–water partition coefficient (Wildman–Crippen LogP) is 4.31. The van der Waals surface area contributed by atoms with Gasteiger partial charge < -0.3 is 19.9 Å². The predicted molar refractivity (Wildman–Crippen MR) is 135 cm³/mol. The van der Waals surface area contributed by atoms with Gasteiger partial charge in [-0.2, -0.15) is 18.4 Å². The second-order valence-electron chi connectivity index (χ2n) is 9.27. The minimum absolute atomic E-state index is 0.0420. The molecule has 1 fully saturated rings. The Morgan fingerprint density at radius 3 is 2.46 bits per heavy atom. The number of alkyl halides is 3. The molecule has 4 rings (SSSR count). The number of hydrogen-bond donors (Lipinski definition) is 1. The lowest BCUT2D eigenvalue weighted by molar-refractivity contribution is -0.191. The summed E-state index contributed by atoms with van der Waals surface area (Å²) in [6, 6.07) is 12.8. The standard InChI is InChI=1S/C28H26F4N4O3/c1-35(16-23-22-6-4-3-5-18(22)13-19(14-33)25(23)39-2)26(37)24(17-7-9-20(29)10-8-17)36(21-11-12-34-15-21)27(38)28(30,31)32/h3-10,13,21,24,34H,11-12,15-16H2,1-2H3. The normalized spacial score (nSPS) is 16.0. The fourth-order valence-corrected chi connectivity index (χ4v) is 4.98. The van der Waals surface area contributed by atoms with E-state index in [9.17, 15) is 32.4 Å². The van der Waals surface area contributed by atoms with Gasteiger partial charge in [-0.25, -0.2) is 4.39 Å². The van der Waals surface area contributed by atoms with Crippen molar-refractivity contribution in [1.29, 1.82) is 5.26 Å². The molecule has 2 unspecified atom stereocenters. The number of rotatable bonds is 7. The molecule has 39 heavy (non-hydrogen) atoms. The van der Waals surface area contributed by atoms with E-state index in [-0.39, 0.29) is 36.4 Å². The summed E-state index contributed by atoms with van der Waals surface area (Å²) >= 11 is 0. The number of amides is 2. The number of hydrogen-bond acceptors (Lipinski definition) is 5. The largest absolute Gasteiger partial charge is 0.495 e. The van der Waals surface area contributed by atoms with Gasteiger partial charge in [0, 0.05) is 31.7 Å². The number of nitriles is 1. The maximum atomic E-state index is 14.0. The highest BCUT2D eigenvalue weighted by molar-refractivity contribution is 5.93. The van der Waals surface area contributed by atoms with Crippen molar-refractivity contribution in [2.24, 2.45) is 0 Å². The van der Waals surface area contributed by atoms with E-state index < -0.39 is 35.9 Å². The van der Waals surface area contributed by atoms with Gasteiger partial charge in [0.2, 0.25) is 5.91 Å². The first-order valence-electron chi connectivity index (χ1n) is 12.2. The van der Waals surface area contributed by atoms with E-state index in [1.54, 1.807) is 30.3 Å². The first-order chi connectivity index (χ1) is 18.6. The zero-order valence-corrected chi connectivity index (χ0v) is 21.3. The lowest BCUT2D eigenvalue weighted by Crippen LogP contribution is -2.53. The van der Waals surface area contributed by atoms with E-state index in [1.807, 2.05) is 0 Å². The van der Waals surface area contributed by atoms with Crippen LogP contribution in [0, 0.1) is 17.1 Å². The molecule has 2 atom stereocenters. The van der Waals surface area contributed by atoms with E-state index in [2.05, 4.69) is 11.4 Å². The van der Waals surface area contributed by atoms with Crippen LogP contribution in [0.4, 0.5) is 17.6 Å². The smallest absolute Gasteiger partial charge is 0.471 e. The van der Waals surface area contributed by atoms with Gasteiger partial charge in [-0.3, -0.25) is 9.59 Å². The van der Waals surface area contributed by atoms with Gasteiger partial charge in [0.15, 0.2) is 0 Å². The third kappa shape index (κ3) is 5.66. The molecule has 0 bridgehead atoms. The fraction of sp³-hybridized carbons (Fsp3) is 0.321. The van der Waals surface area contributed by atoms with E-state index in [4.69, 9.17) is 4.74 Å². The molecule has 1 aliphatic heterocycles. The van der Waals surface area contributed by atoms with Gasteiger partial charge in [0.1, 0.15) is 23.7 Å². The van der Waals surface area contributed by atoms with Crippen LogP contribution in [-0.4, -0.2) is 61.1 Å². The molecule has 1 saturated heterocycles. The average molecular weight is 543 g/mol. The van der Waals surface area contributed by atoms with E-state index >= 15 is 0 Å². The summed E-state index contributed by atoms with van der Waals surface area (Å²) < 4.78 is 60.7. The molecule has 11 heteroatoms. The molecule has 7 nitrogen and oxygen atoms in total. The van der Waals surface area contributed by atoms with Gasteiger partial charge in [-0.05, 0) is 47.5 Å². The number of benzene rings is 3. The van der Waals surface area contributed by atoms with Gasteiger partial charge >= 0.3 is 12.1 Å². The first-order valence-corrected chi connectivity index (χ1v) is 12.2. The number of nitrogens with zero attached hydrogens (tertiary/aromatic N) is 3. The minimum atomic E-state index is -5.24. The van der Waals surface area contributed by atoms with Crippen LogP contribution >= 0.6 is 0 Å². The second-order valence-corrected chi connectivity index (χ2v) is 9.27. The van der Waals surface area contributed by atoms with Crippen LogP contribution in [-0.2, 0) is 16.1 Å². The molecule has 0 spiro atoms. The molecule has 1 aliphatic rings. The van der Waals surface area contributed by atoms with Crippen molar-refractivity contribution >= 4 is 22.6 Å². The second kappa shape index (κ2) is 11.3. The van der Waals surface area contributed by atoms with E-state index in [1.165, 1.54) is 31.2 Å². The number of likely N-dealkylation sites (N-methyl/N-ethyl adjacent to an activating group) is 1. The number of methoxy groups -OCH3 is 1. The number of carbonyl (C=O) groups excluding carboxylic acids is 2. The molecule has 3 aromatic rings. The highest BCUT2D eigenvalue weighted by atomic mass is 19.4. The number of fused-ring (bicyclic) bond motifs is 1. The Balaban J connectivity index is 1.81. The number of halogens is 4. The van der Waals surface area contributed by atoms with Crippen molar-refractivity contribution in [2.45, 2.75) is 31.2 Å². The van der Waals surface area contributed by atoms with Crippen LogP contribution in [0.15, 0.2) is 54.6 Å². The van der Waals surface area contributed by atoms with Gasteiger partial charge in [0.05, 0.1) is 12.7 Å². The SMILES string of the molecule is COc1c(C#N)cc2ccccc2c1CN(C)C(=O)C(c1ccc(F)cc1)N(C(=O)C(F)(F)F)C1CCNC1. The van der Waals surface area contributed by atoms with Gasteiger partial charge in [-0.15, -0.1) is 0 Å². The average Bonchev–Trinajstić information content (AvgIpc) is 3.45. The zero-order valence-electron chi connectivity index (χ0n) is 21.3. The summed E-state index contributed by atoms with van der Waals surface area (Å²) in [5.41, 5.74) is 0.755. The number of ether oxygens (including phenoxy) is 1. The van der Waals surface area contributed by atoms with Crippen LogP contribution < -0.4 is 10.1 Å². The molecule has 3 aromatic carbocycles. The first kappa shape index (κ1) is 27.9. The monoisotopic (exact) mass is 542 g/mol. The van der Waals surface area contributed by atoms with Crippen molar-refractivity contribution in [3.63, 3.8) is 0 Å². The topological polar surface area (TPSA) is 85.7 Å². The van der Waals surface area contributed by atoms with Gasteiger partial charge in [-0.1, -0.05) is 36.4 Å². The van der Waals surface area contributed by atoms with Crippen molar-refractivity contribution in [3.8, 4) is 11.8 Å². The highest BCUT2D eigenvalue weighted by Gasteiger charge is 2.50. The Bertz CT molecular complexity index is 1410. The van der Waals surface area contributed by atoms with Gasteiger partial charge in [0.25, 0.3) is 0 Å². The summed E-state index contributed by atoms with van der Waals surface area (Å²) in [6.45, 7) is 0.308. The van der Waals surface area contributed by atoms with Crippen LogP contribution in [0.5, 0.6) is 5.75 Å². The van der Waals surface area contributed by atoms with Crippen molar-refractivity contribution < 1.29 is 31.9 Å². The van der Waals surface area contributed by atoms with Crippen LogP contribution in [0.2, 0.25) is 0 Å². The van der Waals surface area contributed by atoms with Crippen molar-refractivity contribution in [3.05, 3.63) is 77.1 Å². The Labute approximate surface area is 222 Å². The third-order valence-electron chi connectivity index (χ3n) is 6.80. The molecule has 204 valence electrons.